The van der Waals surface area contributed by atoms with Crippen molar-refractivity contribution in [2.75, 3.05) is 24.5 Å². The third-order valence-electron chi connectivity index (χ3n) is 3.78. The van der Waals surface area contributed by atoms with Crippen LogP contribution in [0.15, 0.2) is 24.3 Å². The molecule has 0 saturated carbocycles. The molecule has 106 valence electrons. The second-order valence-corrected chi connectivity index (χ2v) is 7.04. The molecule has 0 atom stereocenters. The van der Waals surface area contributed by atoms with Gasteiger partial charge in [0.15, 0.2) is 0 Å². The van der Waals surface area contributed by atoms with Gasteiger partial charge in [-0.05, 0) is 42.9 Å². The highest BCUT2D eigenvalue weighted by Crippen LogP contribution is 2.21. The van der Waals surface area contributed by atoms with Crippen LogP contribution in [0.1, 0.15) is 39.2 Å². The number of nitrogens with one attached hydrogen (secondary N) is 1. The summed E-state index contributed by atoms with van der Waals surface area (Å²) in [5.74, 6) is 0. The highest BCUT2D eigenvalue weighted by atomic mass is 15.1. The van der Waals surface area contributed by atoms with Crippen LogP contribution in [-0.4, -0.2) is 25.7 Å². The molecule has 1 aliphatic rings. The Labute approximate surface area is 118 Å². The molecule has 1 aromatic carbocycles. The van der Waals surface area contributed by atoms with Gasteiger partial charge in [-0.3, -0.25) is 0 Å². The number of piperidine rings is 1. The summed E-state index contributed by atoms with van der Waals surface area (Å²) in [5, 5.41) is 3.72. The Bertz CT molecular complexity index is 398. The van der Waals surface area contributed by atoms with E-state index in [1.807, 2.05) is 0 Å². The Morgan fingerprint density at radius 1 is 1.21 bits per heavy atom. The molecule has 1 saturated heterocycles. The molecule has 0 amide bonds. The molecule has 1 heterocycles. The van der Waals surface area contributed by atoms with Crippen molar-refractivity contribution in [1.29, 1.82) is 0 Å². The van der Waals surface area contributed by atoms with Crippen LogP contribution in [-0.2, 0) is 0 Å². The highest BCUT2D eigenvalue weighted by Gasteiger charge is 2.20. The maximum absolute atomic E-state index is 3.72. The van der Waals surface area contributed by atoms with Gasteiger partial charge >= 0.3 is 0 Å². The molecule has 1 aliphatic heterocycles. The predicted octanol–water partition coefficient (Wildman–Crippen LogP) is 3.60. The highest BCUT2D eigenvalue weighted by molar-refractivity contribution is 5.48. The van der Waals surface area contributed by atoms with Crippen LogP contribution in [0.4, 0.5) is 5.69 Å². The van der Waals surface area contributed by atoms with Gasteiger partial charge in [0.05, 0.1) is 0 Å². The van der Waals surface area contributed by atoms with Crippen molar-refractivity contribution in [1.82, 2.24) is 5.32 Å². The maximum atomic E-state index is 3.72. The van der Waals surface area contributed by atoms with Crippen LogP contribution in [0.2, 0.25) is 0 Å². The molecule has 0 aliphatic carbocycles. The van der Waals surface area contributed by atoms with Crippen molar-refractivity contribution < 1.29 is 0 Å². The summed E-state index contributed by atoms with van der Waals surface area (Å²) in [5.41, 5.74) is 3.12. The van der Waals surface area contributed by atoms with E-state index in [1.54, 1.807) is 0 Å². The van der Waals surface area contributed by atoms with Crippen LogP contribution in [0.3, 0.4) is 0 Å². The van der Waals surface area contributed by atoms with Crippen molar-refractivity contribution in [2.24, 2.45) is 5.41 Å². The molecule has 1 aromatic rings. The maximum Gasteiger partial charge on any atom is 0.0368 e. The summed E-state index contributed by atoms with van der Waals surface area (Å²) in [6.07, 6.45) is 2.51. The lowest BCUT2D eigenvalue weighted by Gasteiger charge is -2.35. The fraction of sp³-hybridized carbons (Fsp3) is 0.647. The summed E-state index contributed by atoms with van der Waals surface area (Å²) in [6, 6.07) is 9.55. The zero-order chi connectivity index (χ0) is 13.9. The lowest BCUT2D eigenvalue weighted by Crippen LogP contribution is -2.44. The monoisotopic (exact) mass is 260 g/mol. The SMILES string of the molecule is Cc1cccc(N2CCC(NCC(C)(C)C)CC2)c1. The second-order valence-electron chi connectivity index (χ2n) is 7.04. The van der Waals surface area contributed by atoms with Gasteiger partial charge in [-0.15, -0.1) is 0 Å². The minimum Gasteiger partial charge on any atom is -0.371 e. The van der Waals surface area contributed by atoms with Crippen molar-refractivity contribution in [2.45, 2.75) is 46.6 Å². The second kappa shape index (κ2) is 5.96. The largest absolute Gasteiger partial charge is 0.371 e. The summed E-state index contributed by atoms with van der Waals surface area (Å²) in [6.45, 7) is 12.5. The first-order valence-electron chi connectivity index (χ1n) is 7.49. The topological polar surface area (TPSA) is 15.3 Å². The third-order valence-corrected chi connectivity index (χ3v) is 3.78. The van der Waals surface area contributed by atoms with E-state index < -0.39 is 0 Å². The van der Waals surface area contributed by atoms with Crippen LogP contribution >= 0.6 is 0 Å². The fourth-order valence-corrected chi connectivity index (χ4v) is 2.62. The molecule has 19 heavy (non-hydrogen) atoms. The average Bonchev–Trinajstić information content (AvgIpc) is 2.36. The first-order valence-corrected chi connectivity index (χ1v) is 7.49. The third kappa shape index (κ3) is 4.54. The van der Waals surface area contributed by atoms with E-state index in [0.717, 1.165) is 6.54 Å². The molecule has 1 fully saturated rings. The lowest BCUT2D eigenvalue weighted by atomic mass is 9.95. The van der Waals surface area contributed by atoms with E-state index in [1.165, 1.54) is 37.2 Å². The van der Waals surface area contributed by atoms with Crippen LogP contribution in [0.5, 0.6) is 0 Å². The average molecular weight is 260 g/mol. The molecular weight excluding hydrogens is 232 g/mol. The normalized spacial score (nSPS) is 17.8. The van der Waals surface area contributed by atoms with Crippen molar-refractivity contribution in [3.8, 4) is 0 Å². The lowest BCUT2D eigenvalue weighted by molar-refractivity contribution is 0.324. The Kier molecular flexibility index (Phi) is 4.51. The van der Waals surface area contributed by atoms with Gasteiger partial charge in [-0.1, -0.05) is 32.9 Å². The number of aryl methyl sites for hydroxylation is 1. The Balaban J connectivity index is 1.82. The van der Waals surface area contributed by atoms with Gasteiger partial charge in [0.25, 0.3) is 0 Å². The number of nitrogens with zero attached hydrogens (tertiary/aromatic N) is 1. The molecule has 0 aromatic heterocycles. The van der Waals surface area contributed by atoms with E-state index in [-0.39, 0.29) is 0 Å². The van der Waals surface area contributed by atoms with E-state index >= 15 is 0 Å². The summed E-state index contributed by atoms with van der Waals surface area (Å²) in [7, 11) is 0. The van der Waals surface area contributed by atoms with Crippen LogP contribution in [0, 0.1) is 12.3 Å². The van der Waals surface area contributed by atoms with Crippen molar-refractivity contribution in [3.05, 3.63) is 29.8 Å². The predicted molar refractivity (Wildman–Crippen MR) is 83.9 cm³/mol. The number of hydrogen-bond donors (Lipinski definition) is 1. The Morgan fingerprint density at radius 2 is 1.89 bits per heavy atom. The van der Waals surface area contributed by atoms with Gasteiger partial charge in [-0.25, -0.2) is 0 Å². The first-order chi connectivity index (χ1) is 8.94. The summed E-state index contributed by atoms with van der Waals surface area (Å²) in [4.78, 5) is 2.52. The molecule has 0 radical (unpaired) electrons. The number of benzene rings is 1. The van der Waals surface area contributed by atoms with E-state index in [0.29, 0.717) is 11.5 Å². The molecule has 0 unspecified atom stereocenters. The van der Waals surface area contributed by atoms with Gasteiger partial charge in [-0.2, -0.15) is 0 Å². The molecule has 1 N–H and O–H groups in total. The Hall–Kier alpha value is -1.02. The molecule has 0 spiro atoms. The Morgan fingerprint density at radius 3 is 2.47 bits per heavy atom. The van der Waals surface area contributed by atoms with E-state index in [9.17, 15) is 0 Å². The number of hydrogen-bond acceptors (Lipinski definition) is 2. The van der Waals surface area contributed by atoms with Crippen LogP contribution in [0.25, 0.3) is 0 Å². The van der Waals surface area contributed by atoms with Gasteiger partial charge in [0.2, 0.25) is 0 Å². The summed E-state index contributed by atoms with van der Waals surface area (Å²) < 4.78 is 0. The summed E-state index contributed by atoms with van der Waals surface area (Å²) >= 11 is 0. The minimum atomic E-state index is 0.383. The fourth-order valence-electron chi connectivity index (χ4n) is 2.62. The number of anilines is 1. The zero-order valence-electron chi connectivity index (χ0n) is 12.9. The minimum absolute atomic E-state index is 0.383. The quantitative estimate of drug-likeness (QED) is 0.893. The van der Waals surface area contributed by atoms with Crippen molar-refractivity contribution >= 4 is 5.69 Å². The zero-order valence-corrected chi connectivity index (χ0v) is 12.9. The van der Waals surface area contributed by atoms with E-state index in [2.05, 4.69) is 62.2 Å². The van der Waals surface area contributed by atoms with Crippen molar-refractivity contribution in [3.63, 3.8) is 0 Å². The first kappa shape index (κ1) is 14.4. The molecule has 2 rings (SSSR count). The smallest absolute Gasteiger partial charge is 0.0368 e. The number of rotatable bonds is 3. The van der Waals surface area contributed by atoms with Gasteiger partial charge in [0, 0.05) is 31.4 Å². The molecule has 2 nitrogen and oxygen atoms in total. The standard InChI is InChI=1S/C17H28N2/c1-14-6-5-7-16(12-14)19-10-8-15(9-11-19)18-13-17(2,3)4/h5-7,12,15,18H,8-11,13H2,1-4H3. The van der Waals surface area contributed by atoms with Gasteiger partial charge < -0.3 is 10.2 Å². The molecule has 2 heteroatoms. The molecular formula is C17H28N2. The van der Waals surface area contributed by atoms with E-state index in [4.69, 9.17) is 0 Å². The van der Waals surface area contributed by atoms with Gasteiger partial charge in [0.1, 0.15) is 0 Å². The van der Waals surface area contributed by atoms with Crippen LogP contribution < -0.4 is 10.2 Å². The molecule has 0 bridgehead atoms.